The van der Waals surface area contributed by atoms with Crippen LogP contribution in [0.25, 0.3) is 5.78 Å². The summed E-state index contributed by atoms with van der Waals surface area (Å²) in [5.74, 6) is 0.632. The van der Waals surface area contributed by atoms with E-state index in [1.165, 1.54) is 4.52 Å². The van der Waals surface area contributed by atoms with Gasteiger partial charge in [-0.1, -0.05) is 25.8 Å². The van der Waals surface area contributed by atoms with Crippen LogP contribution in [-0.4, -0.2) is 25.5 Å². The summed E-state index contributed by atoms with van der Waals surface area (Å²) in [5.41, 5.74) is 1.02. The fraction of sp³-hybridized carbons (Fsp3) is 0.444. The molecular weight excluding hydrogens is 350 g/mol. The Morgan fingerprint density at radius 3 is 2.81 bits per heavy atom. The molecule has 0 aliphatic carbocycles. The summed E-state index contributed by atoms with van der Waals surface area (Å²) in [6.07, 6.45) is 3.36. The average Bonchev–Trinajstić information content (AvgIpc) is 3.27. The summed E-state index contributed by atoms with van der Waals surface area (Å²) in [6.45, 7) is 6.05. The van der Waals surface area contributed by atoms with Crippen LogP contribution >= 0.6 is 11.3 Å². The first-order valence-corrected chi connectivity index (χ1v) is 9.68. The number of anilines is 1. The summed E-state index contributed by atoms with van der Waals surface area (Å²) in [6, 6.07) is 3.94. The number of fused-ring (bicyclic) bond motifs is 1. The van der Waals surface area contributed by atoms with Crippen molar-refractivity contribution in [1.82, 2.24) is 19.6 Å². The van der Waals surface area contributed by atoms with E-state index >= 15 is 0 Å². The Labute approximate surface area is 155 Å². The summed E-state index contributed by atoms with van der Waals surface area (Å²) >= 11 is 1.59. The molecule has 0 spiro atoms. The van der Waals surface area contributed by atoms with Crippen molar-refractivity contribution in [3.8, 4) is 0 Å². The van der Waals surface area contributed by atoms with Gasteiger partial charge < -0.3 is 0 Å². The third-order valence-electron chi connectivity index (χ3n) is 4.40. The van der Waals surface area contributed by atoms with Crippen LogP contribution in [0.3, 0.4) is 0 Å². The second-order valence-electron chi connectivity index (χ2n) is 6.33. The number of H-pyrrole nitrogens is 1. The van der Waals surface area contributed by atoms with Crippen LogP contribution in [0, 0.1) is 13.8 Å². The Morgan fingerprint density at radius 1 is 1.31 bits per heavy atom. The summed E-state index contributed by atoms with van der Waals surface area (Å²) < 4.78 is 1.30. The van der Waals surface area contributed by atoms with Gasteiger partial charge in [0.25, 0.3) is 11.3 Å². The number of nitrogens with one attached hydrogen (secondary N) is 1. The minimum atomic E-state index is -0.194. The molecule has 0 aliphatic heterocycles. The fourth-order valence-corrected chi connectivity index (χ4v) is 3.41. The van der Waals surface area contributed by atoms with Gasteiger partial charge in [0.05, 0.1) is 6.54 Å². The monoisotopic (exact) mass is 373 g/mol. The zero-order valence-electron chi connectivity index (χ0n) is 15.3. The highest BCUT2D eigenvalue weighted by Gasteiger charge is 2.21. The molecule has 26 heavy (non-hydrogen) atoms. The van der Waals surface area contributed by atoms with Crippen molar-refractivity contribution in [3.05, 3.63) is 44.0 Å². The highest BCUT2D eigenvalue weighted by Crippen LogP contribution is 2.19. The number of carbonyl (C=O) groups is 1. The number of unbranched alkanes of at least 4 members (excludes halogenated alkanes) is 2. The van der Waals surface area contributed by atoms with Crippen LogP contribution in [0.5, 0.6) is 0 Å². The number of aromatic nitrogens is 4. The van der Waals surface area contributed by atoms with E-state index in [1.54, 1.807) is 30.1 Å². The van der Waals surface area contributed by atoms with E-state index in [-0.39, 0.29) is 17.2 Å². The Balaban J connectivity index is 1.97. The molecule has 8 heteroatoms. The molecule has 3 rings (SSSR count). The van der Waals surface area contributed by atoms with E-state index in [4.69, 9.17) is 0 Å². The maximum atomic E-state index is 12.8. The SMILES string of the molecule is CCCCCC(=O)N(Cc1cccs1)c1nc2nc(C)c(C)c(=O)n2[nH]1. The molecule has 0 aromatic carbocycles. The van der Waals surface area contributed by atoms with Gasteiger partial charge in [-0.3, -0.25) is 19.6 Å². The van der Waals surface area contributed by atoms with Crippen LogP contribution in [0.2, 0.25) is 0 Å². The molecule has 138 valence electrons. The van der Waals surface area contributed by atoms with E-state index in [2.05, 4.69) is 22.0 Å². The number of nitrogens with zero attached hydrogens (tertiary/aromatic N) is 4. The third-order valence-corrected chi connectivity index (χ3v) is 5.26. The molecular formula is C18H23N5O2S. The molecule has 3 heterocycles. The predicted octanol–water partition coefficient (Wildman–Crippen LogP) is 3.21. The number of hydrogen-bond acceptors (Lipinski definition) is 5. The van der Waals surface area contributed by atoms with Gasteiger partial charge in [-0.05, 0) is 31.7 Å². The number of aryl methyl sites for hydroxylation is 1. The molecule has 0 aliphatic rings. The molecule has 0 bridgehead atoms. The van der Waals surface area contributed by atoms with E-state index < -0.39 is 0 Å². The highest BCUT2D eigenvalue weighted by molar-refractivity contribution is 7.09. The van der Waals surface area contributed by atoms with Crippen molar-refractivity contribution < 1.29 is 4.79 Å². The van der Waals surface area contributed by atoms with Crippen molar-refractivity contribution in [2.45, 2.75) is 53.0 Å². The first-order chi connectivity index (χ1) is 12.5. The first kappa shape index (κ1) is 18.3. The lowest BCUT2D eigenvalue weighted by atomic mass is 10.2. The van der Waals surface area contributed by atoms with Gasteiger partial charge in [0.15, 0.2) is 0 Å². The van der Waals surface area contributed by atoms with Crippen molar-refractivity contribution in [3.63, 3.8) is 0 Å². The minimum Gasteiger partial charge on any atom is -0.276 e. The lowest BCUT2D eigenvalue weighted by molar-refractivity contribution is -0.118. The van der Waals surface area contributed by atoms with Crippen LogP contribution < -0.4 is 10.5 Å². The molecule has 1 N–H and O–H groups in total. The number of carbonyl (C=O) groups excluding carboxylic acids is 1. The smallest absolute Gasteiger partial charge is 0.276 e. The maximum absolute atomic E-state index is 12.8. The van der Waals surface area contributed by atoms with Gasteiger partial charge in [-0.15, -0.1) is 11.3 Å². The Bertz CT molecular complexity index is 958. The quantitative estimate of drug-likeness (QED) is 0.645. The maximum Gasteiger partial charge on any atom is 0.277 e. The summed E-state index contributed by atoms with van der Waals surface area (Å²) in [5, 5.41) is 4.93. The lowest BCUT2D eigenvalue weighted by Gasteiger charge is -2.18. The van der Waals surface area contributed by atoms with E-state index in [9.17, 15) is 9.59 Å². The Hall–Kier alpha value is -2.48. The lowest BCUT2D eigenvalue weighted by Crippen LogP contribution is -2.31. The molecule has 3 aromatic heterocycles. The molecule has 0 unspecified atom stereocenters. The minimum absolute atomic E-state index is 0.00704. The second kappa shape index (κ2) is 7.82. The van der Waals surface area contributed by atoms with Crippen molar-refractivity contribution in [2.75, 3.05) is 4.90 Å². The zero-order chi connectivity index (χ0) is 18.7. The van der Waals surface area contributed by atoms with Crippen LogP contribution in [0.4, 0.5) is 5.95 Å². The molecule has 3 aromatic rings. The zero-order valence-corrected chi connectivity index (χ0v) is 16.1. The standard InChI is InChI=1S/C18H23N5O2S/c1-4-5-6-9-15(24)22(11-14-8-7-10-26-14)18-20-17-19-13(3)12(2)16(25)23(17)21-18/h7-8,10H,4-6,9,11H2,1-3H3,(H,19,20,21). The van der Waals surface area contributed by atoms with Gasteiger partial charge in [0, 0.05) is 22.6 Å². The first-order valence-electron chi connectivity index (χ1n) is 8.80. The number of aromatic amines is 1. The van der Waals surface area contributed by atoms with Gasteiger partial charge in [-0.2, -0.15) is 9.50 Å². The van der Waals surface area contributed by atoms with Gasteiger partial charge in [0.2, 0.25) is 11.9 Å². The Morgan fingerprint density at radius 2 is 2.12 bits per heavy atom. The number of amides is 1. The number of thiophene rings is 1. The van der Waals surface area contributed by atoms with Crippen molar-refractivity contribution >= 4 is 29.0 Å². The normalized spacial score (nSPS) is 11.2. The molecule has 1 amide bonds. The van der Waals surface area contributed by atoms with E-state index in [0.29, 0.717) is 30.2 Å². The molecule has 0 fully saturated rings. The van der Waals surface area contributed by atoms with Crippen molar-refractivity contribution in [1.29, 1.82) is 0 Å². The Kier molecular flexibility index (Phi) is 5.51. The average molecular weight is 373 g/mol. The van der Waals surface area contributed by atoms with Crippen LogP contribution in [0.15, 0.2) is 22.3 Å². The van der Waals surface area contributed by atoms with Crippen LogP contribution in [-0.2, 0) is 11.3 Å². The topological polar surface area (TPSA) is 83.4 Å². The molecule has 0 saturated heterocycles. The third kappa shape index (κ3) is 3.70. The van der Waals surface area contributed by atoms with Crippen molar-refractivity contribution in [2.24, 2.45) is 0 Å². The second-order valence-corrected chi connectivity index (χ2v) is 7.36. The fourth-order valence-electron chi connectivity index (χ4n) is 2.71. The summed E-state index contributed by atoms with van der Waals surface area (Å²) in [4.78, 5) is 36.7. The molecule has 0 saturated carbocycles. The summed E-state index contributed by atoms with van der Waals surface area (Å²) in [7, 11) is 0. The molecule has 0 atom stereocenters. The van der Waals surface area contributed by atoms with Gasteiger partial charge in [-0.25, -0.2) is 4.98 Å². The van der Waals surface area contributed by atoms with Gasteiger partial charge in [0.1, 0.15) is 0 Å². The molecule has 7 nitrogen and oxygen atoms in total. The predicted molar refractivity (Wildman–Crippen MR) is 103 cm³/mol. The van der Waals surface area contributed by atoms with E-state index in [0.717, 1.165) is 24.1 Å². The van der Waals surface area contributed by atoms with Gasteiger partial charge >= 0.3 is 0 Å². The number of rotatable bonds is 7. The highest BCUT2D eigenvalue weighted by atomic mass is 32.1. The number of hydrogen-bond donors (Lipinski definition) is 1. The van der Waals surface area contributed by atoms with Crippen LogP contribution in [0.1, 0.15) is 48.7 Å². The van der Waals surface area contributed by atoms with E-state index in [1.807, 2.05) is 17.5 Å². The largest absolute Gasteiger partial charge is 0.277 e. The molecule has 0 radical (unpaired) electrons.